The zero-order valence-corrected chi connectivity index (χ0v) is 15.1. The number of amides is 1. The highest BCUT2D eigenvalue weighted by Crippen LogP contribution is 2.41. The van der Waals surface area contributed by atoms with Gasteiger partial charge in [0.15, 0.2) is 0 Å². The van der Waals surface area contributed by atoms with Gasteiger partial charge in [-0.15, -0.1) is 0 Å². The van der Waals surface area contributed by atoms with E-state index in [1.807, 2.05) is 36.4 Å². The van der Waals surface area contributed by atoms with Gasteiger partial charge in [-0.25, -0.2) is 0 Å². The Morgan fingerprint density at radius 2 is 1.81 bits per heavy atom. The molecule has 1 aliphatic rings. The first-order chi connectivity index (χ1) is 12.7. The van der Waals surface area contributed by atoms with Crippen molar-refractivity contribution in [3.05, 3.63) is 70.7 Å². The van der Waals surface area contributed by atoms with Crippen LogP contribution in [0.2, 0.25) is 5.02 Å². The summed E-state index contributed by atoms with van der Waals surface area (Å²) in [4.78, 5) is 12.7. The quantitative estimate of drug-likeness (QED) is 0.511. The molecule has 0 radical (unpaired) electrons. The third-order valence-electron chi connectivity index (χ3n) is 5.30. The molecular weight excluding hydrogens is 344 g/mol. The van der Waals surface area contributed by atoms with Gasteiger partial charge >= 0.3 is 0 Å². The molecule has 1 N–H and O–H groups in total. The lowest BCUT2D eigenvalue weighted by Crippen LogP contribution is -2.12. The second-order valence-electron chi connectivity index (χ2n) is 6.60. The number of rotatable bonds is 2. The summed E-state index contributed by atoms with van der Waals surface area (Å²) in [5.74, 6) is -0.00194. The first-order valence-corrected chi connectivity index (χ1v) is 9.18. The largest absolute Gasteiger partial charge is 0.348 e. The Morgan fingerprint density at radius 1 is 1.04 bits per heavy atom. The van der Waals surface area contributed by atoms with Gasteiger partial charge in [-0.2, -0.15) is 0 Å². The SMILES string of the molecule is CCn1c2ccccc2c2c3c(c(-c4ccccc4Cl)cc21)CNC3=O. The molecule has 5 rings (SSSR count). The molecule has 3 nitrogen and oxygen atoms in total. The minimum Gasteiger partial charge on any atom is -0.348 e. The minimum atomic E-state index is -0.00194. The third kappa shape index (κ3) is 1.98. The average molecular weight is 361 g/mol. The number of para-hydroxylation sites is 1. The van der Waals surface area contributed by atoms with E-state index in [9.17, 15) is 4.79 Å². The van der Waals surface area contributed by atoms with E-state index in [0.717, 1.165) is 50.6 Å². The van der Waals surface area contributed by atoms with Crippen molar-refractivity contribution in [2.24, 2.45) is 0 Å². The summed E-state index contributed by atoms with van der Waals surface area (Å²) in [6, 6.07) is 18.3. The topological polar surface area (TPSA) is 34.0 Å². The summed E-state index contributed by atoms with van der Waals surface area (Å²) in [7, 11) is 0. The Labute approximate surface area is 156 Å². The van der Waals surface area contributed by atoms with E-state index in [0.29, 0.717) is 11.6 Å². The summed E-state index contributed by atoms with van der Waals surface area (Å²) < 4.78 is 2.27. The number of nitrogens with one attached hydrogen (secondary N) is 1. The highest BCUT2D eigenvalue weighted by atomic mass is 35.5. The van der Waals surface area contributed by atoms with Crippen molar-refractivity contribution in [2.75, 3.05) is 0 Å². The van der Waals surface area contributed by atoms with Crippen LogP contribution in [0.15, 0.2) is 54.6 Å². The number of carbonyl (C=O) groups excluding carboxylic acids is 1. The Bertz CT molecular complexity index is 1210. The monoisotopic (exact) mass is 360 g/mol. The Hall–Kier alpha value is -2.78. The van der Waals surface area contributed by atoms with E-state index in [4.69, 9.17) is 11.6 Å². The number of halogens is 1. The van der Waals surface area contributed by atoms with Crippen LogP contribution in [-0.4, -0.2) is 10.5 Å². The molecule has 1 amide bonds. The number of nitrogens with zero attached hydrogens (tertiary/aromatic N) is 1. The molecule has 0 saturated heterocycles. The van der Waals surface area contributed by atoms with E-state index in [1.54, 1.807) is 0 Å². The molecular formula is C22H17ClN2O. The minimum absolute atomic E-state index is 0.00194. The molecule has 1 aliphatic heterocycles. The maximum absolute atomic E-state index is 12.7. The van der Waals surface area contributed by atoms with E-state index < -0.39 is 0 Å². The number of aromatic nitrogens is 1. The van der Waals surface area contributed by atoms with Gasteiger partial charge in [-0.1, -0.05) is 48.0 Å². The second kappa shape index (κ2) is 5.61. The molecule has 0 spiro atoms. The fourth-order valence-electron chi connectivity index (χ4n) is 4.20. The molecule has 0 aliphatic carbocycles. The van der Waals surface area contributed by atoms with Crippen molar-refractivity contribution in [1.82, 2.24) is 9.88 Å². The van der Waals surface area contributed by atoms with Gasteiger partial charge in [0.1, 0.15) is 0 Å². The Kier molecular flexibility index (Phi) is 3.34. The van der Waals surface area contributed by atoms with Crippen LogP contribution in [-0.2, 0) is 13.1 Å². The van der Waals surface area contributed by atoms with Crippen LogP contribution >= 0.6 is 11.6 Å². The van der Waals surface area contributed by atoms with Crippen molar-refractivity contribution < 1.29 is 4.79 Å². The van der Waals surface area contributed by atoms with Gasteiger partial charge in [0.25, 0.3) is 5.91 Å². The highest BCUT2D eigenvalue weighted by molar-refractivity contribution is 6.33. The molecule has 2 heterocycles. The maximum atomic E-state index is 12.7. The molecule has 3 aromatic carbocycles. The van der Waals surface area contributed by atoms with Crippen LogP contribution in [0.3, 0.4) is 0 Å². The molecule has 0 atom stereocenters. The number of fused-ring (bicyclic) bond motifs is 5. The van der Waals surface area contributed by atoms with Gasteiger partial charge in [0.05, 0.1) is 11.1 Å². The summed E-state index contributed by atoms with van der Waals surface area (Å²) in [5, 5.41) is 5.88. The molecule has 1 aromatic heterocycles. The summed E-state index contributed by atoms with van der Waals surface area (Å²) in [6.45, 7) is 3.51. The zero-order valence-electron chi connectivity index (χ0n) is 14.3. The molecule has 0 bridgehead atoms. The highest BCUT2D eigenvalue weighted by Gasteiger charge is 2.29. The molecule has 0 fully saturated rings. The lowest BCUT2D eigenvalue weighted by Gasteiger charge is -2.12. The molecule has 4 heteroatoms. The van der Waals surface area contributed by atoms with Crippen molar-refractivity contribution in [3.8, 4) is 11.1 Å². The van der Waals surface area contributed by atoms with Gasteiger partial charge in [-0.3, -0.25) is 4.79 Å². The zero-order chi connectivity index (χ0) is 17.8. The number of hydrogen-bond donors (Lipinski definition) is 1. The smallest absolute Gasteiger partial charge is 0.252 e. The van der Waals surface area contributed by atoms with Crippen molar-refractivity contribution in [2.45, 2.75) is 20.0 Å². The molecule has 0 saturated carbocycles. The van der Waals surface area contributed by atoms with E-state index in [2.05, 4.69) is 35.0 Å². The van der Waals surface area contributed by atoms with Crippen LogP contribution in [0.1, 0.15) is 22.8 Å². The van der Waals surface area contributed by atoms with Gasteiger partial charge in [0.2, 0.25) is 0 Å². The summed E-state index contributed by atoms with van der Waals surface area (Å²) in [6.07, 6.45) is 0. The Balaban J connectivity index is 2.00. The average Bonchev–Trinajstić information content (AvgIpc) is 3.19. The van der Waals surface area contributed by atoms with Crippen LogP contribution in [0, 0.1) is 0 Å². The fraction of sp³-hybridized carbons (Fsp3) is 0.136. The number of hydrogen-bond acceptors (Lipinski definition) is 1. The van der Waals surface area contributed by atoms with Crippen molar-refractivity contribution in [3.63, 3.8) is 0 Å². The molecule has 4 aromatic rings. The first kappa shape index (κ1) is 15.5. The van der Waals surface area contributed by atoms with E-state index >= 15 is 0 Å². The lowest BCUT2D eigenvalue weighted by atomic mass is 9.93. The van der Waals surface area contributed by atoms with E-state index in [1.165, 1.54) is 0 Å². The van der Waals surface area contributed by atoms with E-state index in [-0.39, 0.29) is 5.91 Å². The van der Waals surface area contributed by atoms with Gasteiger partial charge in [0, 0.05) is 40.0 Å². The molecule has 26 heavy (non-hydrogen) atoms. The van der Waals surface area contributed by atoms with Crippen LogP contribution in [0.5, 0.6) is 0 Å². The third-order valence-corrected chi connectivity index (χ3v) is 5.63. The number of aryl methyl sites for hydroxylation is 1. The summed E-state index contributed by atoms with van der Waals surface area (Å²) >= 11 is 6.49. The van der Waals surface area contributed by atoms with Crippen LogP contribution in [0.4, 0.5) is 0 Å². The second-order valence-corrected chi connectivity index (χ2v) is 7.00. The summed E-state index contributed by atoms with van der Waals surface area (Å²) in [5.41, 5.74) is 6.07. The number of carbonyl (C=O) groups is 1. The van der Waals surface area contributed by atoms with Gasteiger partial charge in [-0.05, 0) is 36.2 Å². The van der Waals surface area contributed by atoms with Crippen molar-refractivity contribution in [1.29, 1.82) is 0 Å². The van der Waals surface area contributed by atoms with Crippen molar-refractivity contribution >= 4 is 39.3 Å². The molecule has 128 valence electrons. The molecule has 0 unspecified atom stereocenters. The standard InChI is InChI=1S/C22H17ClN2O/c1-2-25-18-10-6-4-8-14(18)20-19(25)11-15(13-7-3-5-9-17(13)23)16-12-24-22(26)21(16)20/h3-11H,2,12H2,1H3,(H,24,26). The Morgan fingerprint density at radius 3 is 2.62 bits per heavy atom. The van der Waals surface area contributed by atoms with Gasteiger partial charge < -0.3 is 9.88 Å². The lowest BCUT2D eigenvalue weighted by molar-refractivity contribution is 0.0967. The predicted molar refractivity (Wildman–Crippen MR) is 107 cm³/mol. The fourth-order valence-corrected chi connectivity index (χ4v) is 4.43. The van der Waals surface area contributed by atoms with Crippen LogP contribution in [0.25, 0.3) is 32.9 Å². The number of benzene rings is 3. The normalized spacial score (nSPS) is 13.4. The first-order valence-electron chi connectivity index (χ1n) is 8.80. The maximum Gasteiger partial charge on any atom is 0.252 e. The predicted octanol–water partition coefficient (Wildman–Crippen LogP) is 5.38. The van der Waals surface area contributed by atoms with Crippen LogP contribution < -0.4 is 5.32 Å².